The van der Waals surface area contributed by atoms with Crippen LogP contribution in [0.2, 0.25) is 0 Å². The van der Waals surface area contributed by atoms with Gasteiger partial charge in [-0.3, -0.25) is 4.79 Å². The molecule has 0 radical (unpaired) electrons. The quantitative estimate of drug-likeness (QED) is 0.639. The highest BCUT2D eigenvalue weighted by Crippen LogP contribution is 2.21. The minimum atomic E-state index is -0.339. The van der Waals surface area contributed by atoms with Crippen molar-refractivity contribution in [3.8, 4) is 0 Å². The van der Waals surface area contributed by atoms with E-state index >= 15 is 0 Å². The summed E-state index contributed by atoms with van der Waals surface area (Å²) in [6.45, 7) is 2.14. The molecule has 0 spiro atoms. The number of hydrogen-bond donors (Lipinski definition) is 2. The molecular formula is C23H22FN3O2. The normalized spacial score (nSPS) is 10.3. The average molecular weight is 391 g/mol. The number of nitrogens with one attached hydrogen (secondary N) is 2. The van der Waals surface area contributed by atoms with Crippen LogP contribution in [-0.2, 0) is 6.54 Å². The molecule has 3 aromatic carbocycles. The first kappa shape index (κ1) is 20.1. The second kappa shape index (κ2) is 9.01. The lowest BCUT2D eigenvalue weighted by Gasteiger charge is -2.19. The predicted octanol–water partition coefficient (Wildman–Crippen LogP) is 5.05. The van der Waals surface area contributed by atoms with Crippen LogP contribution in [0.4, 0.5) is 20.6 Å². The maximum atomic E-state index is 13.3. The van der Waals surface area contributed by atoms with Gasteiger partial charge in [-0.2, -0.15) is 0 Å². The zero-order valence-corrected chi connectivity index (χ0v) is 16.3. The summed E-state index contributed by atoms with van der Waals surface area (Å²) < 4.78 is 13.3. The smallest absolute Gasteiger partial charge is 0.321 e. The standard InChI is InChI=1S/C23H22FN3O2/c1-16-11-12-20(25-22(28)18-8-4-3-5-9-18)14-21(16)26-23(29)27(2)15-17-7-6-10-19(24)13-17/h3-14H,15H2,1-2H3,(H,25,28)(H,26,29). The third-order valence-electron chi connectivity index (χ3n) is 4.43. The molecule has 6 heteroatoms. The van der Waals surface area contributed by atoms with Crippen LogP contribution in [0.25, 0.3) is 0 Å². The first-order chi connectivity index (χ1) is 13.9. The number of hydrogen-bond acceptors (Lipinski definition) is 2. The van der Waals surface area contributed by atoms with E-state index in [1.807, 2.05) is 19.1 Å². The van der Waals surface area contributed by atoms with E-state index in [9.17, 15) is 14.0 Å². The molecule has 0 bridgehead atoms. The first-order valence-electron chi connectivity index (χ1n) is 9.16. The third kappa shape index (κ3) is 5.42. The lowest BCUT2D eigenvalue weighted by atomic mass is 10.1. The van der Waals surface area contributed by atoms with Gasteiger partial charge in [0.1, 0.15) is 5.82 Å². The molecule has 0 aromatic heterocycles. The molecule has 0 saturated heterocycles. The van der Waals surface area contributed by atoms with Crippen molar-refractivity contribution in [3.63, 3.8) is 0 Å². The number of amides is 3. The third-order valence-corrected chi connectivity index (χ3v) is 4.43. The maximum Gasteiger partial charge on any atom is 0.321 e. The summed E-state index contributed by atoms with van der Waals surface area (Å²) >= 11 is 0. The highest BCUT2D eigenvalue weighted by molar-refractivity contribution is 6.04. The summed E-state index contributed by atoms with van der Waals surface area (Å²) in [4.78, 5) is 26.3. The van der Waals surface area contributed by atoms with Crippen molar-refractivity contribution in [2.45, 2.75) is 13.5 Å². The Bertz CT molecular complexity index is 1020. The predicted molar refractivity (Wildman–Crippen MR) is 112 cm³/mol. The summed E-state index contributed by atoms with van der Waals surface area (Å²) in [5.41, 5.74) is 3.27. The summed E-state index contributed by atoms with van der Waals surface area (Å²) in [6.07, 6.45) is 0. The lowest BCUT2D eigenvalue weighted by Crippen LogP contribution is -2.31. The number of carbonyl (C=O) groups excluding carboxylic acids is 2. The summed E-state index contributed by atoms with van der Waals surface area (Å²) in [6, 6.07) is 20.0. The molecule has 3 rings (SSSR count). The number of nitrogens with zero attached hydrogens (tertiary/aromatic N) is 1. The van der Waals surface area contributed by atoms with Crippen LogP contribution in [0.5, 0.6) is 0 Å². The highest BCUT2D eigenvalue weighted by atomic mass is 19.1. The number of urea groups is 1. The monoisotopic (exact) mass is 391 g/mol. The Morgan fingerprint density at radius 3 is 2.41 bits per heavy atom. The number of halogens is 1. The van der Waals surface area contributed by atoms with E-state index < -0.39 is 0 Å². The van der Waals surface area contributed by atoms with Gasteiger partial charge in [0.05, 0.1) is 0 Å². The molecule has 5 nitrogen and oxygen atoms in total. The van der Waals surface area contributed by atoms with Crippen LogP contribution in [0.1, 0.15) is 21.5 Å². The summed E-state index contributed by atoms with van der Waals surface area (Å²) in [5, 5.41) is 5.67. The molecule has 0 saturated carbocycles. The molecule has 0 heterocycles. The molecule has 0 aliphatic rings. The van der Waals surface area contributed by atoms with Crippen LogP contribution in [-0.4, -0.2) is 23.9 Å². The van der Waals surface area contributed by atoms with Crippen molar-refractivity contribution in [1.82, 2.24) is 4.90 Å². The van der Waals surface area contributed by atoms with E-state index in [4.69, 9.17) is 0 Å². The van der Waals surface area contributed by atoms with Crippen molar-refractivity contribution in [2.24, 2.45) is 0 Å². The van der Waals surface area contributed by atoms with Gasteiger partial charge in [0, 0.05) is 30.5 Å². The van der Waals surface area contributed by atoms with E-state index in [0.717, 1.165) is 5.56 Å². The van der Waals surface area contributed by atoms with Gasteiger partial charge in [-0.25, -0.2) is 9.18 Å². The Kier molecular flexibility index (Phi) is 6.24. The van der Waals surface area contributed by atoms with Gasteiger partial charge in [0.2, 0.25) is 0 Å². The molecule has 0 fully saturated rings. The maximum absolute atomic E-state index is 13.3. The van der Waals surface area contributed by atoms with E-state index in [0.29, 0.717) is 22.5 Å². The van der Waals surface area contributed by atoms with Gasteiger partial charge in [0.25, 0.3) is 5.91 Å². The fraction of sp³-hybridized carbons (Fsp3) is 0.130. The summed E-state index contributed by atoms with van der Waals surface area (Å²) in [7, 11) is 1.64. The van der Waals surface area contributed by atoms with E-state index in [1.165, 1.54) is 17.0 Å². The molecule has 29 heavy (non-hydrogen) atoms. The molecular weight excluding hydrogens is 369 g/mol. The van der Waals surface area contributed by atoms with E-state index in [2.05, 4.69) is 10.6 Å². The van der Waals surface area contributed by atoms with Crippen molar-refractivity contribution in [1.29, 1.82) is 0 Å². The van der Waals surface area contributed by atoms with Crippen LogP contribution in [0.15, 0.2) is 72.8 Å². The van der Waals surface area contributed by atoms with Crippen LogP contribution in [0.3, 0.4) is 0 Å². The molecule has 0 aliphatic carbocycles. The van der Waals surface area contributed by atoms with Gasteiger partial charge in [-0.1, -0.05) is 36.4 Å². The van der Waals surface area contributed by atoms with Gasteiger partial charge in [0.15, 0.2) is 0 Å². The van der Waals surface area contributed by atoms with Crippen molar-refractivity contribution < 1.29 is 14.0 Å². The van der Waals surface area contributed by atoms with Crippen LogP contribution < -0.4 is 10.6 Å². The second-order valence-electron chi connectivity index (χ2n) is 6.77. The Morgan fingerprint density at radius 1 is 0.931 bits per heavy atom. The van der Waals surface area contributed by atoms with Gasteiger partial charge < -0.3 is 15.5 Å². The average Bonchev–Trinajstić information content (AvgIpc) is 2.71. The van der Waals surface area contributed by atoms with Gasteiger partial charge >= 0.3 is 6.03 Å². The fourth-order valence-electron chi connectivity index (χ4n) is 2.82. The minimum Gasteiger partial charge on any atom is -0.323 e. The number of anilines is 2. The van der Waals surface area contributed by atoms with Gasteiger partial charge in [-0.05, 0) is 54.4 Å². The van der Waals surface area contributed by atoms with Crippen molar-refractivity contribution in [2.75, 3.05) is 17.7 Å². The van der Waals surface area contributed by atoms with E-state index in [1.54, 1.807) is 55.6 Å². The van der Waals surface area contributed by atoms with Crippen molar-refractivity contribution in [3.05, 3.63) is 95.3 Å². The topological polar surface area (TPSA) is 61.4 Å². The second-order valence-corrected chi connectivity index (χ2v) is 6.77. The minimum absolute atomic E-state index is 0.227. The molecule has 3 amide bonds. The van der Waals surface area contributed by atoms with Gasteiger partial charge in [-0.15, -0.1) is 0 Å². The Labute approximate surface area is 169 Å². The largest absolute Gasteiger partial charge is 0.323 e. The number of benzene rings is 3. The number of carbonyl (C=O) groups is 2. The SMILES string of the molecule is Cc1ccc(NC(=O)c2ccccc2)cc1NC(=O)N(C)Cc1cccc(F)c1. The molecule has 2 N–H and O–H groups in total. The molecule has 0 aliphatic heterocycles. The molecule has 3 aromatic rings. The molecule has 148 valence electrons. The zero-order valence-electron chi connectivity index (χ0n) is 16.3. The summed E-state index contributed by atoms with van der Waals surface area (Å²) in [5.74, 6) is -0.566. The molecule has 0 unspecified atom stereocenters. The number of aryl methyl sites for hydroxylation is 1. The Balaban J connectivity index is 1.67. The first-order valence-corrected chi connectivity index (χ1v) is 9.16. The van der Waals surface area contributed by atoms with E-state index in [-0.39, 0.29) is 24.3 Å². The van der Waals surface area contributed by atoms with Crippen molar-refractivity contribution >= 4 is 23.3 Å². The zero-order chi connectivity index (χ0) is 20.8. The van der Waals surface area contributed by atoms with Crippen LogP contribution >= 0.6 is 0 Å². The Hall–Kier alpha value is -3.67. The molecule has 0 atom stereocenters. The number of rotatable bonds is 5. The lowest BCUT2D eigenvalue weighted by molar-refractivity contribution is 0.102. The Morgan fingerprint density at radius 2 is 1.69 bits per heavy atom. The fourth-order valence-corrected chi connectivity index (χ4v) is 2.82. The van der Waals surface area contributed by atoms with Crippen LogP contribution in [0, 0.1) is 12.7 Å². The highest BCUT2D eigenvalue weighted by Gasteiger charge is 2.13.